The van der Waals surface area contributed by atoms with Crippen LogP contribution in [0.2, 0.25) is 0 Å². The number of ether oxygens (including phenoxy) is 2. The SMILES string of the molecule is COc1ccc(Nc2nccc(C3=CN[C@H](NCCCN(C)COC(C)(C)C)C=C3)n2)cc1CCl. The van der Waals surface area contributed by atoms with Gasteiger partial charge in [-0.3, -0.25) is 10.2 Å². The lowest BCUT2D eigenvalue weighted by Gasteiger charge is -2.25. The number of hydrogen-bond acceptors (Lipinski definition) is 8. The Hall–Kier alpha value is -2.65. The molecule has 1 aromatic carbocycles. The number of nitrogens with zero attached hydrogens (tertiary/aromatic N) is 3. The number of benzene rings is 1. The highest BCUT2D eigenvalue weighted by molar-refractivity contribution is 6.17. The number of aromatic nitrogens is 2. The van der Waals surface area contributed by atoms with E-state index in [1.807, 2.05) is 30.5 Å². The van der Waals surface area contributed by atoms with Crippen LogP contribution in [0, 0.1) is 0 Å². The van der Waals surface area contributed by atoms with Gasteiger partial charge in [0.2, 0.25) is 5.95 Å². The molecule has 2 aromatic rings. The van der Waals surface area contributed by atoms with Gasteiger partial charge < -0.3 is 20.1 Å². The first kappa shape index (κ1) is 26.9. The normalized spacial score (nSPS) is 15.6. The molecule has 3 N–H and O–H groups in total. The summed E-state index contributed by atoms with van der Waals surface area (Å²) in [6.45, 7) is 8.73. The van der Waals surface area contributed by atoms with Crippen LogP contribution in [-0.4, -0.2) is 60.6 Å². The van der Waals surface area contributed by atoms with E-state index in [1.165, 1.54) is 0 Å². The van der Waals surface area contributed by atoms with Crippen molar-refractivity contribution in [1.29, 1.82) is 0 Å². The van der Waals surface area contributed by atoms with Crippen LogP contribution in [0.3, 0.4) is 0 Å². The minimum absolute atomic E-state index is 0.0857. The lowest BCUT2D eigenvalue weighted by molar-refractivity contribution is -0.0559. The van der Waals surface area contributed by atoms with Crippen LogP contribution in [-0.2, 0) is 10.6 Å². The summed E-state index contributed by atoms with van der Waals surface area (Å²) in [5, 5.41) is 10.1. The van der Waals surface area contributed by atoms with E-state index >= 15 is 0 Å². The van der Waals surface area contributed by atoms with Crippen LogP contribution in [0.15, 0.2) is 48.8 Å². The van der Waals surface area contributed by atoms with Crippen LogP contribution >= 0.6 is 11.6 Å². The van der Waals surface area contributed by atoms with E-state index in [2.05, 4.69) is 70.8 Å². The molecule has 9 heteroatoms. The van der Waals surface area contributed by atoms with Crippen LogP contribution in [0.5, 0.6) is 5.75 Å². The number of dihydropyridines is 1. The van der Waals surface area contributed by atoms with Gasteiger partial charge in [0.05, 0.1) is 37.2 Å². The molecule has 0 spiro atoms. The Bertz CT molecular complexity index is 1020. The third-order valence-corrected chi connectivity index (χ3v) is 5.61. The van der Waals surface area contributed by atoms with E-state index in [9.17, 15) is 0 Å². The summed E-state index contributed by atoms with van der Waals surface area (Å²) in [5.41, 5.74) is 3.46. The molecule has 1 aromatic heterocycles. The van der Waals surface area contributed by atoms with E-state index in [4.69, 9.17) is 21.1 Å². The van der Waals surface area contributed by atoms with Gasteiger partial charge in [-0.2, -0.15) is 0 Å². The lowest BCUT2D eigenvalue weighted by atomic mass is 10.1. The molecule has 2 heterocycles. The van der Waals surface area contributed by atoms with E-state index in [-0.39, 0.29) is 11.8 Å². The van der Waals surface area contributed by atoms with Gasteiger partial charge in [-0.25, -0.2) is 9.97 Å². The van der Waals surface area contributed by atoms with Crippen molar-refractivity contribution in [3.05, 3.63) is 60.1 Å². The number of halogens is 1. The second-order valence-electron chi connectivity index (χ2n) is 9.43. The predicted octanol–water partition coefficient (Wildman–Crippen LogP) is 4.48. The summed E-state index contributed by atoms with van der Waals surface area (Å²) in [7, 11) is 3.71. The molecule has 35 heavy (non-hydrogen) atoms. The molecular weight excluding hydrogens is 464 g/mol. The summed E-state index contributed by atoms with van der Waals surface area (Å²) in [4.78, 5) is 11.2. The van der Waals surface area contributed by atoms with Crippen molar-refractivity contribution in [2.75, 3.05) is 39.3 Å². The van der Waals surface area contributed by atoms with Crippen molar-refractivity contribution in [1.82, 2.24) is 25.5 Å². The number of allylic oxidation sites excluding steroid dienone is 2. The van der Waals surface area contributed by atoms with E-state index in [1.54, 1.807) is 13.3 Å². The molecular formula is C26H37ClN6O2. The minimum atomic E-state index is -0.114. The molecule has 0 fully saturated rings. The first-order valence-electron chi connectivity index (χ1n) is 11.8. The molecule has 3 rings (SSSR count). The van der Waals surface area contributed by atoms with Crippen LogP contribution < -0.4 is 20.7 Å². The van der Waals surface area contributed by atoms with E-state index < -0.39 is 0 Å². The van der Waals surface area contributed by atoms with Gasteiger partial charge in [-0.1, -0.05) is 6.08 Å². The summed E-state index contributed by atoms with van der Waals surface area (Å²) in [5.74, 6) is 1.64. The fourth-order valence-corrected chi connectivity index (χ4v) is 3.62. The molecule has 0 radical (unpaired) electrons. The molecule has 1 atom stereocenters. The van der Waals surface area contributed by atoms with Gasteiger partial charge in [0.15, 0.2) is 0 Å². The van der Waals surface area contributed by atoms with Crippen LogP contribution in [0.1, 0.15) is 38.4 Å². The fraction of sp³-hybridized carbons (Fsp3) is 0.462. The molecule has 0 saturated carbocycles. The van der Waals surface area contributed by atoms with E-state index in [0.29, 0.717) is 18.6 Å². The van der Waals surface area contributed by atoms with Crippen LogP contribution in [0.4, 0.5) is 11.6 Å². The average molecular weight is 501 g/mol. The fourth-order valence-electron chi connectivity index (χ4n) is 3.41. The maximum absolute atomic E-state index is 6.03. The van der Waals surface area contributed by atoms with Gasteiger partial charge in [-0.15, -0.1) is 11.6 Å². The summed E-state index contributed by atoms with van der Waals surface area (Å²) < 4.78 is 11.1. The van der Waals surface area contributed by atoms with Crippen molar-refractivity contribution in [2.24, 2.45) is 0 Å². The van der Waals surface area contributed by atoms with Crippen molar-refractivity contribution >= 4 is 28.8 Å². The Kier molecular flexibility index (Phi) is 9.92. The molecule has 1 aliphatic heterocycles. The summed E-state index contributed by atoms with van der Waals surface area (Å²) >= 11 is 6.03. The van der Waals surface area contributed by atoms with Crippen molar-refractivity contribution in [2.45, 2.75) is 44.8 Å². The zero-order valence-electron chi connectivity index (χ0n) is 21.3. The highest BCUT2D eigenvalue weighted by Crippen LogP contribution is 2.26. The Morgan fingerprint density at radius 3 is 2.74 bits per heavy atom. The molecule has 0 bridgehead atoms. The Balaban J connectivity index is 1.47. The highest BCUT2D eigenvalue weighted by Gasteiger charge is 2.13. The minimum Gasteiger partial charge on any atom is -0.496 e. The molecule has 0 aliphatic carbocycles. The zero-order valence-corrected chi connectivity index (χ0v) is 22.0. The highest BCUT2D eigenvalue weighted by atomic mass is 35.5. The lowest BCUT2D eigenvalue weighted by Crippen LogP contribution is -2.40. The van der Waals surface area contributed by atoms with Gasteiger partial charge in [0, 0.05) is 35.8 Å². The molecule has 190 valence electrons. The number of nitrogens with one attached hydrogen (secondary N) is 3. The maximum atomic E-state index is 6.03. The quantitative estimate of drug-likeness (QED) is 0.223. The van der Waals surface area contributed by atoms with Gasteiger partial charge in [-0.05, 0) is 71.1 Å². The third kappa shape index (κ3) is 8.81. The molecule has 0 saturated heterocycles. The third-order valence-electron chi connectivity index (χ3n) is 5.32. The number of rotatable bonds is 12. The Morgan fingerprint density at radius 2 is 2.06 bits per heavy atom. The average Bonchev–Trinajstić information content (AvgIpc) is 2.85. The second kappa shape index (κ2) is 12.9. The summed E-state index contributed by atoms with van der Waals surface area (Å²) in [6, 6.07) is 7.63. The second-order valence-corrected chi connectivity index (χ2v) is 9.69. The van der Waals surface area contributed by atoms with Gasteiger partial charge in [0.1, 0.15) is 5.75 Å². The zero-order chi connectivity index (χ0) is 25.3. The Labute approximate surface area is 213 Å². The number of alkyl halides is 1. The molecule has 1 aliphatic rings. The maximum Gasteiger partial charge on any atom is 0.227 e. The predicted molar refractivity (Wildman–Crippen MR) is 143 cm³/mol. The summed E-state index contributed by atoms with van der Waals surface area (Å²) in [6.07, 6.45) is 9.02. The number of hydrogen-bond donors (Lipinski definition) is 3. The van der Waals surface area contributed by atoms with Crippen molar-refractivity contribution in [3.8, 4) is 5.75 Å². The Morgan fingerprint density at radius 1 is 1.23 bits per heavy atom. The number of methoxy groups -OCH3 is 1. The van der Waals surface area contributed by atoms with Gasteiger partial charge >= 0.3 is 0 Å². The number of anilines is 2. The van der Waals surface area contributed by atoms with E-state index in [0.717, 1.165) is 47.8 Å². The molecule has 0 amide bonds. The molecule has 8 nitrogen and oxygen atoms in total. The van der Waals surface area contributed by atoms with Gasteiger partial charge in [0.25, 0.3) is 0 Å². The first-order valence-corrected chi connectivity index (χ1v) is 12.3. The largest absolute Gasteiger partial charge is 0.496 e. The topological polar surface area (TPSA) is 83.6 Å². The standard InChI is InChI=1S/C26H37ClN6O2/c1-26(2,3)35-18-33(4)14-6-12-28-24-10-7-19(17-30-24)22-11-13-29-25(32-22)31-21-8-9-23(34-5)20(15-21)16-27/h7-11,13,15,17,24,28,30H,6,12,14,16,18H2,1-5H3,(H,29,31,32)/t24-/m0/s1. The monoisotopic (exact) mass is 500 g/mol. The van der Waals surface area contributed by atoms with Crippen LogP contribution in [0.25, 0.3) is 5.57 Å². The van der Waals surface area contributed by atoms with Crippen molar-refractivity contribution in [3.63, 3.8) is 0 Å². The van der Waals surface area contributed by atoms with Crippen molar-refractivity contribution < 1.29 is 9.47 Å². The smallest absolute Gasteiger partial charge is 0.227 e. The first-order chi connectivity index (χ1) is 16.8. The molecule has 0 unspecified atom stereocenters.